The van der Waals surface area contributed by atoms with E-state index >= 15 is 0 Å². The lowest BCUT2D eigenvalue weighted by molar-refractivity contribution is 1.40. The quantitative estimate of drug-likeness (QED) is 0.589. The Kier molecular flexibility index (Phi) is 4.56. The second kappa shape index (κ2) is 5.29. The second-order valence-corrected chi connectivity index (χ2v) is 1.80. The Morgan fingerprint density at radius 3 is 2.55 bits per heavy atom. The van der Waals surface area contributed by atoms with Crippen LogP contribution in [0.25, 0.3) is 0 Å². The monoisotopic (exact) mass is 151 g/mol. The summed E-state index contributed by atoms with van der Waals surface area (Å²) in [5.74, 6) is 0. The van der Waals surface area contributed by atoms with E-state index < -0.39 is 0 Å². The van der Waals surface area contributed by atoms with Crippen molar-refractivity contribution in [3.05, 3.63) is 36.8 Å². The molecule has 0 aliphatic rings. The lowest BCUT2D eigenvalue weighted by atomic mass is 10.2. The van der Waals surface area contributed by atoms with E-state index in [9.17, 15) is 0 Å². The molecule has 0 fully saturated rings. The smallest absolute Gasteiger partial charge is 0.0850 e. The van der Waals surface area contributed by atoms with Crippen LogP contribution in [-0.2, 0) is 0 Å². The summed E-state index contributed by atoms with van der Waals surface area (Å²) in [6.45, 7) is 5.39. The Labute approximate surface area is 66.8 Å². The topological polar surface area (TPSA) is 64.4 Å². The number of rotatable bonds is 3. The number of nitrogens with two attached hydrogens (primary N) is 2. The van der Waals surface area contributed by atoms with Gasteiger partial charge in [-0.1, -0.05) is 12.7 Å². The minimum atomic E-state index is 0.595. The standard InChI is InChI=1S/C8H13N3/c1-3-7(10)8(4-2)11-6-5-9/h3-6H,2,9-10H2,1H3/b6-5-,7-3+,11-8-. The van der Waals surface area contributed by atoms with Gasteiger partial charge in [0.25, 0.3) is 0 Å². The van der Waals surface area contributed by atoms with Crippen LogP contribution in [0.15, 0.2) is 41.8 Å². The Bertz CT molecular complexity index is 211. The van der Waals surface area contributed by atoms with Gasteiger partial charge in [0.05, 0.1) is 11.4 Å². The van der Waals surface area contributed by atoms with Gasteiger partial charge in [0.15, 0.2) is 0 Å². The van der Waals surface area contributed by atoms with Crippen LogP contribution in [0.5, 0.6) is 0 Å². The fourth-order valence-corrected chi connectivity index (χ4v) is 0.516. The minimum Gasteiger partial charge on any atom is -0.403 e. The van der Waals surface area contributed by atoms with Gasteiger partial charge in [0, 0.05) is 12.4 Å². The highest BCUT2D eigenvalue weighted by atomic mass is 14.8. The van der Waals surface area contributed by atoms with E-state index in [1.54, 1.807) is 12.2 Å². The maximum Gasteiger partial charge on any atom is 0.0850 e. The van der Waals surface area contributed by atoms with Gasteiger partial charge in [-0.2, -0.15) is 0 Å². The van der Waals surface area contributed by atoms with Gasteiger partial charge in [-0.25, -0.2) is 0 Å². The van der Waals surface area contributed by atoms with E-state index in [0.29, 0.717) is 11.4 Å². The second-order valence-electron chi connectivity index (χ2n) is 1.80. The molecule has 0 aliphatic carbocycles. The molecule has 0 spiro atoms. The maximum atomic E-state index is 5.55. The van der Waals surface area contributed by atoms with E-state index in [4.69, 9.17) is 11.5 Å². The highest BCUT2D eigenvalue weighted by Gasteiger charge is 1.92. The molecule has 0 aromatic carbocycles. The molecule has 0 heterocycles. The first-order valence-corrected chi connectivity index (χ1v) is 3.25. The molecule has 0 aromatic heterocycles. The molecule has 3 nitrogen and oxygen atoms in total. The van der Waals surface area contributed by atoms with Crippen molar-refractivity contribution < 1.29 is 0 Å². The van der Waals surface area contributed by atoms with Crippen LogP contribution < -0.4 is 11.5 Å². The first-order chi connectivity index (χ1) is 5.26. The van der Waals surface area contributed by atoms with Crippen LogP contribution in [0, 0.1) is 0 Å². The third kappa shape index (κ3) is 3.25. The lowest BCUT2D eigenvalue weighted by Crippen LogP contribution is -2.07. The summed E-state index contributed by atoms with van der Waals surface area (Å²) >= 11 is 0. The van der Waals surface area contributed by atoms with E-state index in [2.05, 4.69) is 11.6 Å². The van der Waals surface area contributed by atoms with E-state index in [1.165, 1.54) is 12.4 Å². The predicted molar refractivity (Wildman–Crippen MR) is 48.9 cm³/mol. The molecule has 0 saturated carbocycles. The third-order valence-electron chi connectivity index (χ3n) is 1.10. The Morgan fingerprint density at radius 1 is 1.55 bits per heavy atom. The largest absolute Gasteiger partial charge is 0.403 e. The fraction of sp³-hybridized carbons (Fsp3) is 0.125. The lowest BCUT2D eigenvalue weighted by Gasteiger charge is -1.96. The molecule has 0 saturated heterocycles. The molecule has 11 heavy (non-hydrogen) atoms. The maximum absolute atomic E-state index is 5.55. The molecule has 0 unspecified atom stereocenters. The highest BCUT2D eigenvalue weighted by molar-refractivity contribution is 6.07. The average molecular weight is 151 g/mol. The van der Waals surface area contributed by atoms with Gasteiger partial charge >= 0.3 is 0 Å². The Hall–Kier alpha value is -1.51. The van der Waals surface area contributed by atoms with Crippen LogP contribution >= 0.6 is 0 Å². The first kappa shape index (κ1) is 9.49. The molecule has 4 N–H and O–H groups in total. The molecule has 60 valence electrons. The van der Waals surface area contributed by atoms with E-state index in [-0.39, 0.29) is 0 Å². The number of nitrogens with zero attached hydrogens (tertiary/aromatic N) is 1. The predicted octanol–water partition coefficient (Wildman–Crippen LogP) is 0.906. The summed E-state index contributed by atoms with van der Waals surface area (Å²) in [6, 6.07) is 0. The number of hydrogen-bond acceptors (Lipinski definition) is 3. The van der Waals surface area contributed by atoms with Gasteiger partial charge in [-0.05, 0) is 13.0 Å². The van der Waals surface area contributed by atoms with Gasteiger partial charge in [-0.3, -0.25) is 4.99 Å². The fourth-order valence-electron chi connectivity index (χ4n) is 0.516. The van der Waals surface area contributed by atoms with Crippen molar-refractivity contribution in [1.82, 2.24) is 0 Å². The van der Waals surface area contributed by atoms with Crippen molar-refractivity contribution in [2.24, 2.45) is 16.5 Å². The highest BCUT2D eigenvalue weighted by Crippen LogP contribution is 1.91. The summed E-state index contributed by atoms with van der Waals surface area (Å²) in [4.78, 5) is 3.93. The zero-order valence-corrected chi connectivity index (χ0v) is 6.62. The van der Waals surface area contributed by atoms with Crippen molar-refractivity contribution in [2.75, 3.05) is 0 Å². The molecule has 0 atom stereocenters. The molecule has 3 heteroatoms. The zero-order valence-electron chi connectivity index (χ0n) is 6.62. The van der Waals surface area contributed by atoms with Crippen LogP contribution in [0.2, 0.25) is 0 Å². The van der Waals surface area contributed by atoms with Crippen LogP contribution in [0.4, 0.5) is 0 Å². The molecule has 0 radical (unpaired) electrons. The summed E-state index contributed by atoms with van der Waals surface area (Å²) in [5.41, 5.74) is 11.9. The summed E-state index contributed by atoms with van der Waals surface area (Å²) < 4.78 is 0. The molecule has 0 aromatic rings. The average Bonchev–Trinajstić information content (AvgIpc) is 2.05. The molecule has 0 rings (SSSR count). The summed E-state index contributed by atoms with van der Waals surface area (Å²) in [6.07, 6.45) is 6.14. The number of allylic oxidation sites excluding steroid dienone is 2. The van der Waals surface area contributed by atoms with Gasteiger partial charge in [0.2, 0.25) is 0 Å². The normalized spacial score (nSPS) is 13.9. The third-order valence-corrected chi connectivity index (χ3v) is 1.10. The van der Waals surface area contributed by atoms with E-state index in [0.717, 1.165) is 0 Å². The van der Waals surface area contributed by atoms with Crippen LogP contribution in [0.1, 0.15) is 6.92 Å². The zero-order chi connectivity index (χ0) is 8.69. The SMILES string of the molecule is C=CC(=N/C=C\N)/C(N)=C\C. The Balaban J connectivity index is 4.52. The van der Waals surface area contributed by atoms with Gasteiger partial charge < -0.3 is 11.5 Å². The molecule has 0 amide bonds. The summed E-state index contributed by atoms with van der Waals surface area (Å²) in [5, 5.41) is 0. The number of aliphatic imine (C=N–C) groups is 1. The minimum absolute atomic E-state index is 0.595. The van der Waals surface area contributed by atoms with Crippen LogP contribution in [-0.4, -0.2) is 5.71 Å². The summed E-state index contributed by atoms with van der Waals surface area (Å²) in [7, 11) is 0. The van der Waals surface area contributed by atoms with Gasteiger partial charge in [0.1, 0.15) is 0 Å². The van der Waals surface area contributed by atoms with Crippen molar-refractivity contribution in [3.8, 4) is 0 Å². The van der Waals surface area contributed by atoms with Gasteiger partial charge in [-0.15, -0.1) is 0 Å². The first-order valence-electron chi connectivity index (χ1n) is 3.25. The van der Waals surface area contributed by atoms with Crippen molar-refractivity contribution in [1.29, 1.82) is 0 Å². The van der Waals surface area contributed by atoms with Crippen LogP contribution in [0.3, 0.4) is 0 Å². The molecule has 0 aliphatic heterocycles. The van der Waals surface area contributed by atoms with Crippen molar-refractivity contribution >= 4 is 5.71 Å². The molecular weight excluding hydrogens is 138 g/mol. The number of hydrogen-bond donors (Lipinski definition) is 2. The van der Waals surface area contributed by atoms with Crippen molar-refractivity contribution in [2.45, 2.75) is 6.92 Å². The molecular formula is C8H13N3. The molecule has 0 bridgehead atoms. The Morgan fingerprint density at radius 2 is 2.18 bits per heavy atom. The van der Waals surface area contributed by atoms with Crippen molar-refractivity contribution in [3.63, 3.8) is 0 Å². The van der Waals surface area contributed by atoms with E-state index in [1.807, 2.05) is 6.92 Å².